The molecule has 1 atom stereocenters. The summed E-state index contributed by atoms with van der Waals surface area (Å²) >= 11 is 0. The topological polar surface area (TPSA) is 29.1 Å². The van der Waals surface area contributed by atoms with Crippen molar-refractivity contribution in [1.82, 2.24) is 5.32 Å². The minimum atomic E-state index is -0.305. The quantitative estimate of drug-likeness (QED) is 0.671. The van der Waals surface area contributed by atoms with Crippen LogP contribution in [-0.2, 0) is 4.79 Å². The maximum Gasteiger partial charge on any atom is 0.232 e. The van der Waals surface area contributed by atoms with Gasteiger partial charge >= 0.3 is 0 Å². The Morgan fingerprint density at radius 3 is 1.52 bits per heavy atom. The Kier molecular flexibility index (Phi) is 5.63. The first-order valence-corrected chi connectivity index (χ1v) is 8.74. The van der Waals surface area contributed by atoms with E-state index in [2.05, 4.69) is 24.4 Å². The van der Waals surface area contributed by atoms with Gasteiger partial charge in [0, 0.05) is 0 Å². The average molecular weight is 329 g/mol. The van der Waals surface area contributed by atoms with E-state index in [1.54, 1.807) is 0 Å². The summed E-state index contributed by atoms with van der Waals surface area (Å²) in [6, 6.07) is 30.1. The standard InChI is InChI=1S/C23H23NO/c1-2-21(18-12-6-3-7-13-18)24-23(25)22(19-14-8-4-9-15-19)20-16-10-5-11-17-20/h3-17,21-22H,2H2,1H3,(H,24,25). The van der Waals surface area contributed by atoms with Crippen molar-refractivity contribution in [2.45, 2.75) is 25.3 Å². The van der Waals surface area contributed by atoms with Gasteiger partial charge in [-0.1, -0.05) is 97.9 Å². The molecule has 25 heavy (non-hydrogen) atoms. The van der Waals surface area contributed by atoms with Gasteiger partial charge in [-0.15, -0.1) is 0 Å². The van der Waals surface area contributed by atoms with E-state index in [1.807, 2.05) is 78.9 Å². The summed E-state index contributed by atoms with van der Waals surface area (Å²) in [6.45, 7) is 2.10. The summed E-state index contributed by atoms with van der Waals surface area (Å²) in [7, 11) is 0. The maximum atomic E-state index is 13.2. The van der Waals surface area contributed by atoms with Crippen LogP contribution in [0.15, 0.2) is 91.0 Å². The molecule has 0 aliphatic rings. The van der Waals surface area contributed by atoms with E-state index < -0.39 is 0 Å². The highest BCUT2D eigenvalue weighted by molar-refractivity contribution is 5.87. The average Bonchev–Trinajstić information content (AvgIpc) is 2.69. The molecule has 0 radical (unpaired) electrons. The van der Waals surface area contributed by atoms with Crippen LogP contribution in [0.3, 0.4) is 0 Å². The second kappa shape index (κ2) is 8.29. The molecule has 0 aromatic heterocycles. The van der Waals surface area contributed by atoms with Gasteiger partial charge < -0.3 is 5.32 Å². The summed E-state index contributed by atoms with van der Waals surface area (Å²) < 4.78 is 0. The van der Waals surface area contributed by atoms with Crippen LogP contribution in [-0.4, -0.2) is 5.91 Å². The third-order valence-electron chi connectivity index (χ3n) is 4.45. The molecular formula is C23H23NO. The minimum absolute atomic E-state index is 0.0172. The monoisotopic (exact) mass is 329 g/mol. The van der Waals surface area contributed by atoms with Gasteiger partial charge in [-0.25, -0.2) is 0 Å². The lowest BCUT2D eigenvalue weighted by Gasteiger charge is -2.23. The Labute approximate surface area is 149 Å². The Bertz CT molecular complexity index is 745. The van der Waals surface area contributed by atoms with Crippen molar-refractivity contribution in [3.8, 4) is 0 Å². The first kappa shape index (κ1) is 17.0. The maximum absolute atomic E-state index is 13.2. The number of hydrogen-bond acceptors (Lipinski definition) is 1. The molecule has 0 fully saturated rings. The van der Waals surface area contributed by atoms with Crippen LogP contribution in [0.4, 0.5) is 0 Å². The lowest BCUT2D eigenvalue weighted by atomic mass is 9.90. The number of hydrogen-bond donors (Lipinski definition) is 1. The molecule has 2 nitrogen and oxygen atoms in total. The van der Waals surface area contributed by atoms with Crippen molar-refractivity contribution < 1.29 is 4.79 Å². The molecule has 126 valence electrons. The molecule has 1 unspecified atom stereocenters. The van der Waals surface area contributed by atoms with Gasteiger partial charge in [-0.05, 0) is 23.1 Å². The van der Waals surface area contributed by atoms with Crippen LogP contribution in [0.1, 0.15) is 42.0 Å². The number of rotatable bonds is 6. The Balaban J connectivity index is 1.89. The smallest absolute Gasteiger partial charge is 0.232 e. The molecule has 3 rings (SSSR count). The molecule has 3 aromatic carbocycles. The molecule has 0 saturated heterocycles. The van der Waals surface area contributed by atoms with E-state index in [-0.39, 0.29) is 17.9 Å². The summed E-state index contributed by atoms with van der Waals surface area (Å²) in [5, 5.41) is 3.24. The first-order valence-electron chi connectivity index (χ1n) is 8.74. The zero-order valence-electron chi connectivity index (χ0n) is 14.4. The number of amides is 1. The summed E-state index contributed by atoms with van der Waals surface area (Å²) in [6.07, 6.45) is 0.853. The summed E-state index contributed by atoms with van der Waals surface area (Å²) in [5.41, 5.74) is 3.15. The van der Waals surface area contributed by atoms with Crippen molar-refractivity contribution in [1.29, 1.82) is 0 Å². The minimum Gasteiger partial charge on any atom is -0.348 e. The fraction of sp³-hybridized carbons (Fsp3) is 0.174. The third-order valence-corrected chi connectivity index (χ3v) is 4.45. The van der Waals surface area contributed by atoms with E-state index in [1.165, 1.54) is 0 Å². The van der Waals surface area contributed by atoms with Crippen molar-refractivity contribution in [3.63, 3.8) is 0 Å². The van der Waals surface area contributed by atoms with Crippen LogP contribution in [0, 0.1) is 0 Å². The SMILES string of the molecule is CCC(NC(=O)C(c1ccccc1)c1ccccc1)c1ccccc1. The van der Waals surface area contributed by atoms with E-state index in [4.69, 9.17) is 0 Å². The molecule has 0 aliphatic heterocycles. The van der Waals surface area contributed by atoms with Crippen LogP contribution < -0.4 is 5.32 Å². The molecule has 0 aliphatic carbocycles. The highest BCUT2D eigenvalue weighted by Crippen LogP contribution is 2.26. The molecule has 0 saturated carbocycles. The molecule has 0 heterocycles. The normalized spacial score (nSPS) is 11.9. The molecule has 0 bridgehead atoms. The molecule has 3 aromatic rings. The van der Waals surface area contributed by atoms with Gasteiger partial charge in [-0.3, -0.25) is 4.79 Å². The summed E-state index contributed by atoms with van der Waals surface area (Å²) in [4.78, 5) is 13.2. The van der Waals surface area contributed by atoms with Gasteiger partial charge in [0.25, 0.3) is 0 Å². The van der Waals surface area contributed by atoms with Crippen LogP contribution >= 0.6 is 0 Å². The number of nitrogens with one attached hydrogen (secondary N) is 1. The summed E-state index contributed by atoms with van der Waals surface area (Å²) in [5.74, 6) is -0.270. The van der Waals surface area contributed by atoms with E-state index >= 15 is 0 Å². The Morgan fingerprint density at radius 1 is 0.720 bits per heavy atom. The molecule has 2 heteroatoms. The Morgan fingerprint density at radius 2 is 1.12 bits per heavy atom. The molecular weight excluding hydrogens is 306 g/mol. The molecule has 1 N–H and O–H groups in total. The van der Waals surface area contributed by atoms with Gasteiger partial charge in [0.1, 0.15) is 0 Å². The van der Waals surface area contributed by atoms with Crippen molar-refractivity contribution in [2.75, 3.05) is 0 Å². The number of carbonyl (C=O) groups is 1. The van der Waals surface area contributed by atoms with Crippen LogP contribution in [0.5, 0.6) is 0 Å². The largest absolute Gasteiger partial charge is 0.348 e. The van der Waals surface area contributed by atoms with Gasteiger partial charge in [0.05, 0.1) is 12.0 Å². The van der Waals surface area contributed by atoms with Gasteiger partial charge in [0.15, 0.2) is 0 Å². The lowest BCUT2D eigenvalue weighted by Crippen LogP contribution is -2.33. The second-order valence-electron chi connectivity index (χ2n) is 6.13. The van der Waals surface area contributed by atoms with Gasteiger partial charge in [-0.2, -0.15) is 0 Å². The molecule has 1 amide bonds. The fourth-order valence-electron chi connectivity index (χ4n) is 3.15. The van der Waals surface area contributed by atoms with Crippen molar-refractivity contribution >= 4 is 5.91 Å². The van der Waals surface area contributed by atoms with E-state index in [0.29, 0.717) is 0 Å². The number of benzene rings is 3. The highest BCUT2D eigenvalue weighted by atomic mass is 16.1. The predicted octanol–water partition coefficient (Wildman–Crippen LogP) is 5.09. The van der Waals surface area contributed by atoms with Gasteiger partial charge in [0.2, 0.25) is 5.91 Å². The van der Waals surface area contributed by atoms with Crippen molar-refractivity contribution in [2.24, 2.45) is 0 Å². The van der Waals surface area contributed by atoms with E-state index in [0.717, 1.165) is 23.1 Å². The zero-order chi connectivity index (χ0) is 17.5. The second-order valence-corrected chi connectivity index (χ2v) is 6.13. The zero-order valence-corrected chi connectivity index (χ0v) is 14.4. The molecule has 0 spiro atoms. The van der Waals surface area contributed by atoms with E-state index in [9.17, 15) is 4.79 Å². The predicted molar refractivity (Wildman–Crippen MR) is 102 cm³/mol. The fourth-order valence-corrected chi connectivity index (χ4v) is 3.15. The van der Waals surface area contributed by atoms with Crippen LogP contribution in [0.25, 0.3) is 0 Å². The third kappa shape index (κ3) is 4.16. The number of carbonyl (C=O) groups excluding carboxylic acids is 1. The van der Waals surface area contributed by atoms with Crippen LogP contribution in [0.2, 0.25) is 0 Å². The van der Waals surface area contributed by atoms with Crippen molar-refractivity contribution in [3.05, 3.63) is 108 Å². The highest BCUT2D eigenvalue weighted by Gasteiger charge is 2.24. The Hall–Kier alpha value is -2.87. The first-order chi connectivity index (χ1) is 12.3. The lowest BCUT2D eigenvalue weighted by molar-refractivity contribution is -0.122.